The molecule has 100 valence electrons. The van der Waals surface area contributed by atoms with Crippen molar-refractivity contribution in [3.8, 4) is 5.75 Å². The molecule has 1 fully saturated rings. The Morgan fingerprint density at radius 3 is 3.11 bits per heavy atom. The Balaban J connectivity index is 1.80. The molecule has 2 rings (SSSR count). The number of amides is 1. The van der Waals surface area contributed by atoms with Gasteiger partial charge in [-0.15, -0.1) is 11.3 Å². The van der Waals surface area contributed by atoms with Crippen LogP contribution in [0.25, 0.3) is 0 Å². The van der Waals surface area contributed by atoms with Crippen molar-refractivity contribution >= 4 is 33.2 Å². The predicted molar refractivity (Wildman–Crippen MR) is 77.9 cm³/mol. The maximum Gasteiger partial charge on any atom is 0.261 e. The number of hydrogen-bond donors (Lipinski definition) is 1. The number of thiophene rings is 1. The molecule has 1 aromatic heterocycles. The van der Waals surface area contributed by atoms with Crippen LogP contribution in [0.15, 0.2) is 11.4 Å². The smallest absolute Gasteiger partial charge is 0.261 e. The number of carbonyl (C=O) groups is 1. The highest BCUT2D eigenvalue weighted by molar-refractivity contribution is 9.09. The Hall–Kier alpha value is -0.550. The number of methoxy groups -OCH3 is 1. The highest BCUT2D eigenvalue weighted by atomic mass is 79.9. The van der Waals surface area contributed by atoms with Gasteiger partial charge < -0.3 is 10.1 Å². The van der Waals surface area contributed by atoms with Gasteiger partial charge in [0.2, 0.25) is 0 Å². The van der Waals surface area contributed by atoms with Crippen LogP contribution >= 0.6 is 27.3 Å². The molecule has 1 heterocycles. The van der Waals surface area contributed by atoms with Crippen molar-refractivity contribution in [3.63, 3.8) is 0 Å². The van der Waals surface area contributed by atoms with Crippen molar-refractivity contribution in [3.05, 3.63) is 16.3 Å². The van der Waals surface area contributed by atoms with Crippen LogP contribution in [0.4, 0.5) is 0 Å². The number of carbonyl (C=O) groups excluding carboxylic acids is 1. The fourth-order valence-electron chi connectivity index (χ4n) is 2.28. The third-order valence-electron chi connectivity index (χ3n) is 3.31. The fraction of sp³-hybridized carbons (Fsp3) is 0.615. The number of alkyl halides is 1. The van der Waals surface area contributed by atoms with Gasteiger partial charge in [0, 0.05) is 22.8 Å². The Morgan fingerprint density at radius 2 is 2.44 bits per heavy atom. The molecule has 1 aliphatic rings. The molecule has 1 aliphatic carbocycles. The second-order valence-electron chi connectivity index (χ2n) is 4.69. The monoisotopic (exact) mass is 331 g/mol. The molecule has 5 heteroatoms. The molecular formula is C13H18BrNO2S. The second kappa shape index (κ2) is 6.57. The van der Waals surface area contributed by atoms with Crippen LogP contribution in [-0.2, 0) is 0 Å². The lowest BCUT2D eigenvalue weighted by Crippen LogP contribution is -2.31. The first kappa shape index (κ1) is 13.9. The second-order valence-corrected chi connectivity index (χ2v) is 6.90. The highest BCUT2D eigenvalue weighted by Gasteiger charge is 2.20. The third-order valence-corrected chi connectivity index (χ3v) is 5.04. The first-order valence-electron chi connectivity index (χ1n) is 6.24. The van der Waals surface area contributed by atoms with Crippen molar-refractivity contribution in [2.45, 2.75) is 30.5 Å². The van der Waals surface area contributed by atoms with Gasteiger partial charge in [-0.25, -0.2) is 0 Å². The predicted octanol–water partition coefficient (Wildman–Crippen LogP) is 3.44. The lowest BCUT2D eigenvalue weighted by Gasteiger charge is -2.25. The lowest BCUT2D eigenvalue weighted by molar-refractivity contribution is 0.0947. The molecule has 2 atom stereocenters. The van der Waals surface area contributed by atoms with Gasteiger partial charge in [0.25, 0.3) is 5.91 Å². The summed E-state index contributed by atoms with van der Waals surface area (Å²) >= 11 is 5.09. The van der Waals surface area contributed by atoms with Crippen LogP contribution in [0.1, 0.15) is 35.4 Å². The molecule has 1 aromatic rings. The Kier molecular flexibility index (Phi) is 5.06. The van der Waals surface area contributed by atoms with E-state index in [1.165, 1.54) is 30.6 Å². The molecule has 1 saturated carbocycles. The van der Waals surface area contributed by atoms with E-state index < -0.39 is 0 Å². The average molecular weight is 332 g/mol. The van der Waals surface area contributed by atoms with Crippen LogP contribution in [0.3, 0.4) is 0 Å². The number of rotatable bonds is 4. The van der Waals surface area contributed by atoms with Crippen molar-refractivity contribution in [1.82, 2.24) is 5.32 Å². The normalized spacial score (nSPS) is 23.7. The topological polar surface area (TPSA) is 38.3 Å². The summed E-state index contributed by atoms with van der Waals surface area (Å²) in [5.41, 5.74) is 0. The van der Waals surface area contributed by atoms with Crippen LogP contribution < -0.4 is 10.1 Å². The average Bonchev–Trinajstić information content (AvgIpc) is 2.85. The van der Waals surface area contributed by atoms with Crippen LogP contribution in [-0.4, -0.2) is 24.4 Å². The van der Waals surface area contributed by atoms with E-state index in [0.717, 1.165) is 23.6 Å². The quantitative estimate of drug-likeness (QED) is 0.858. The van der Waals surface area contributed by atoms with Gasteiger partial charge in [0.1, 0.15) is 5.75 Å². The molecule has 0 radical (unpaired) electrons. The van der Waals surface area contributed by atoms with Gasteiger partial charge in [-0.05, 0) is 25.2 Å². The minimum atomic E-state index is 0.0139. The molecule has 0 spiro atoms. The first-order chi connectivity index (χ1) is 8.69. The standard InChI is InChI=1S/C13H18BrNO2S/c1-17-11-6-12(18-8-11)13(16)15-7-9-3-2-4-10(14)5-9/h6,8-10H,2-5,7H2,1H3,(H,15,16). The van der Waals surface area contributed by atoms with Crippen LogP contribution in [0.5, 0.6) is 5.75 Å². The molecule has 2 unspecified atom stereocenters. The number of halogens is 1. The maximum absolute atomic E-state index is 11.9. The van der Waals surface area contributed by atoms with Gasteiger partial charge in [0.15, 0.2) is 0 Å². The van der Waals surface area contributed by atoms with E-state index in [-0.39, 0.29) is 5.91 Å². The Morgan fingerprint density at radius 1 is 1.61 bits per heavy atom. The van der Waals surface area contributed by atoms with Gasteiger partial charge >= 0.3 is 0 Å². The molecule has 18 heavy (non-hydrogen) atoms. The summed E-state index contributed by atoms with van der Waals surface area (Å²) in [7, 11) is 1.61. The van der Waals surface area contributed by atoms with E-state index in [0.29, 0.717) is 10.7 Å². The summed E-state index contributed by atoms with van der Waals surface area (Å²) in [5.74, 6) is 1.37. The maximum atomic E-state index is 11.9. The summed E-state index contributed by atoms with van der Waals surface area (Å²) in [5, 5.41) is 4.87. The zero-order valence-electron chi connectivity index (χ0n) is 10.4. The summed E-state index contributed by atoms with van der Waals surface area (Å²) in [6.07, 6.45) is 4.89. The molecule has 1 N–H and O–H groups in total. The largest absolute Gasteiger partial charge is 0.496 e. The van der Waals surface area contributed by atoms with E-state index in [1.54, 1.807) is 13.2 Å². The van der Waals surface area contributed by atoms with Gasteiger partial charge in [0.05, 0.1) is 12.0 Å². The SMILES string of the molecule is COc1csc(C(=O)NCC2CCCC(Br)C2)c1. The minimum Gasteiger partial charge on any atom is -0.496 e. The minimum absolute atomic E-state index is 0.0139. The van der Waals surface area contributed by atoms with E-state index in [2.05, 4.69) is 21.2 Å². The van der Waals surface area contributed by atoms with Crippen molar-refractivity contribution < 1.29 is 9.53 Å². The highest BCUT2D eigenvalue weighted by Crippen LogP contribution is 2.28. The third kappa shape index (κ3) is 3.72. The first-order valence-corrected chi connectivity index (χ1v) is 8.03. The molecule has 0 saturated heterocycles. The molecule has 1 amide bonds. The fourth-order valence-corrected chi connectivity index (χ4v) is 3.90. The number of nitrogens with one attached hydrogen (secondary N) is 1. The molecule has 0 bridgehead atoms. The van der Waals surface area contributed by atoms with E-state index in [1.807, 2.05) is 5.38 Å². The summed E-state index contributed by atoms with van der Waals surface area (Å²) in [4.78, 5) is 13.3. The zero-order chi connectivity index (χ0) is 13.0. The van der Waals surface area contributed by atoms with Crippen LogP contribution in [0.2, 0.25) is 0 Å². The van der Waals surface area contributed by atoms with E-state index in [9.17, 15) is 4.79 Å². The van der Waals surface area contributed by atoms with Gasteiger partial charge in [-0.1, -0.05) is 22.4 Å². The van der Waals surface area contributed by atoms with Crippen molar-refractivity contribution in [2.75, 3.05) is 13.7 Å². The Labute approximate surface area is 120 Å². The molecule has 0 aliphatic heterocycles. The summed E-state index contributed by atoms with van der Waals surface area (Å²) < 4.78 is 5.08. The van der Waals surface area contributed by atoms with Crippen molar-refractivity contribution in [1.29, 1.82) is 0 Å². The lowest BCUT2D eigenvalue weighted by atomic mass is 9.89. The molecular weight excluding hydrogens is 314 g/mol. The Bertz CT molecular complexity index is 407. The number of ether oxygens (including phenoxy) is 1. The van der Waals surface area contributed by atoms with E-state index >= 15 is 0 Å². The van der Waals surface area contributed by atoms with Gasteiger partial charge in [-0.3, -0.25) is 4.79 Å². The van der Waals surface area contributed by atoms with Crippen LogP contribution in [0, 0.1) is 5.92 Å². The summed E-state index contributed by atoms with van der Waals surface area (Å²) in [6.45, 7) is 0.779. The van der Waals surface area contributed by atoms with E-state index in [4.69, 9.17) is 4.74 Å². The van der Waals surface area contributed by atoms with Crippen molar-refractivity contribution in [2.24, 2.45) is 5.92 Å². The zero-order valence-corrected chi connectivity index (χ0v) is 12.9. The number of hydrogen-bond acceptors (Lipinski definition) is 3. The molecule has 0 aromatic carbocycles. The summed E-state index contributed by atoms with van der Waals surface area (Å²) in [6, 6.07) is 1.79. The molecule has 3 nitrogen and oxygen atoms in total. The van der Waals surface area contributed by atoms with Gasteiger partial charge in [-0.2, -0.15) is 0 Å².